The molecule has 0 N–H and O–H groups in total. The van der Waals surface area contributed by atoms with E-state index >= 15 is 0 Å². The Morgan fingerprint density at radius 1 is 0.273 bits per heavy atom. The van der Waals surface area contributed by atoms with Gasteiger partial charge in [0.05, 0.1) is 0 Å². The molecule has 33 heteroatoms. The van der Waals surface area contributed by atoms with Crippen molar-refractivity contribution in [3.8, 4) is 0 Å². The van der Waals surface area contributed by atoms with Crippen LogP contribution >= 0.6 is 0 Å². The van der Waals surface area contributed by atoms with E-state index in [2.05, 4.69) is 0 Å². The minimum atomic E-state index is -5.17. The second kappa shape index (κ2) is 24.7. The van der Waals surface area contributed by atoms with Gasteiger partial charge < -0.3 is 54.6 Å². The molecule has 0 atom stereocenters. The molecule has 0 aliphatic carbocycles. The SMILES string of the molecule is O=S(=O)([O-])[O-].O=S(=O)([O-])[O-].O=S(=O)([O-])[O-].O=S(=O)([O-])[O-].O=S(=O)([O-])[O-].O=S(=O)([O-])[O-].[Cr+3].[Ti+4].[V+5]. The maximum Gasteiger partial charge on any atom is 5.00 e. The van der Waals surface area contributed by atoms with Crippen LogP contribution in [0, 0.1) is 0 Å². The van der Waals surface area contributed by atoms with E-state index in [1.54, 1.807) is 0 Å². The first kappa shape index (κ1) is 59.3. The Kier molecular flexibility index (Phi) is 44.4. The van der Waals surface area contributed by atoms with Crippen LogP contribution in [-0.2, 0) is 120 Å². The van der Waals surface area contributed by atoms with Gasteiger partial charge in [0.2, 0.25) is 0 Å². The Balaban J connectivity index is -0.0000000294. The predicted octanol–water partition coefficient (Wildman–Crippen LogP) is -8.04. The normalized spacial score (nSPS) is 10.5. The minimum absolute atomic E-state index is 0. The molecule has 195 valence electrons. The van der Waals surface area contributed by atoms with Crippen molar-refractivity contribution in [2.24, 2.45) is 0 Å². The summed E-state index contributed by atoms with van der Waals surface area (Å²) >= 11 is 0. The third kappa shape index (κ3) is 28800. The van der Waals surface area contributed by atoms with Gasteiger partial charge in [0.15, 0.2) is 0 Å². The van der Waals surface area contributed by atoms with Gasteiger partial charge in [0, 0.05) is 62.4 Å². The van der Waals surface area contributed by atoms with Crippen molar-refractivity contribution < 1.29 is 163 Å². The summed E-state index contributed by atoms with van der Waals surface area (Å²) in [4.78, 5) is 0. The maximum absolute atomic E-state index is 8.52. The molecule has 0 bridgehead atoms. The molecule has 0 fully saturated rings. The first-order valence-electron chi connectivity index (χ1n) is 4.00. The largest absolute Gasteiger partial charge is 5.00 e. The summed E-state index contributed by atoms with van der Waals surface area (Å²) in [6.07, 6.45) is 0. The standard InChI is InChI=1S/Cr.6H2O4S.Ti.V/c;6*1-5(2,3)4;;/h;6*(H2,1,2,3,4);;/q+3;;;;;;;+4;+5/p-12. The van der Waals surface area contributed by atoms with E-state index in [1.165, 1.54) is 0 Å². The molecule has 0 aromatic heterocycles. The first-order valence-corrected chi connectivity index (χ1v) is 12.0. The summed E-state index contributed by atoms with van der Waals surface area (Å²) in [7, 11) is -31.0. The van der Waals surface area contributed by atoms with Gasteiger partial charge in [-0.15, -0.1) is 0 Å². The van der Waals surface area contributed by atoms with Crippen LogP contribution in [-0.4, -0.2) is 105 Å². The van der Waals surface area contributed by atoms with Gasteiger partial charge in [-0.25, -0.2) is 0 Å². The molecule has 0 heterocycles. The second-order valence-corrected chi connectivity index (χ2v) is 7.35. The van der Waals surface area contributed by atoms with Crippen molar-refractivity contribution in [3.63, 3.8) is 0 Å². The van der Waals surface area contributed by atoms with E-state index in [1.807, 2.05) is 0 Å². The zero-order chi connectivity index (χ0) is 27.0. The Labute approximate surface area is 223 Å². The predicted molar refractivity (Wildman–Crippen MR) is 62.8 cm³/mol. The van der Waals surface area contributed by atoms with Gasteiger partial charge in [0.1, 0.15) is 0 Å². The van der Waals surface area contributed by atoms with Crippen molar-refractivity contribution in [3.05, 3.63) is 0 Å². The molecule has 0 saturated carbocycles. The maximum atomic E-state index is 8.52. The van der Waals surface area contributed by atoms with Crippen LogP contribution in [0.5, 0.6) is 0 Å². The molecule has 0 aliphatic rings. The Morgan fingerprint density at radius 2 is 0.273 bits per heavy atom. The molecule has 0 aromatic carbocycles. The van der Waals surface area contributed by atoms with Crippen LogP contribution in [0.1, 0.15) is 0 Å². The van der Waals surface area contributed by atoms with Crippen molar-refractivity contribution in [2.75, 3.05) is 0 Å². The van der Waals surface area contributed by atoms with Gasteiger partial charge in [-0.1, -0.05) is 0 Å². The monoisotopic (exact) mass is 727 g/mol. The third-order valence-electron chi connectivity index (χ3n) is 0. The van der Waals surface area contributed by atoms with Crippen LogP contribution in [0.4, 0.5) is 0 Å². The molecule has 0 aliphatic heterocycles. The topological polar surface area (TPSA) is 482 Å². The average molecular weight is 727 g/mol. The van der Waals surface area contributed by atoms with Gasteiger partial charge in [0.25, 0.3) is 0 Å². The smallest absolute Gasteiger partial charge is 0.759 e. The second-order valence-electron chi connectivity index (χ2n) is 2.45. The molecule has 0 amide bonds. The molecule has 33 heavy (non-hydrogen) atoms. The van der Waals surface area contributed by atoms with Crippen LogP contribution in [0.25, 0.3) is 0 Å². The molecular formula is CrO24S6TiV. The number of hydrogen-bond acceptors (Lipinski definition) is 24. The van der Waals surface area contributed by atoms with Gasteiger partial charge in [-0.05, 0) is 0 Å². The zero-order valence-corrected chi connectivity index (χ0v) is 22.7. The van der Waals surface area contributed by atoms with E-state index in [0.717, 1.165) is 0 Å². The van der Waals surface area contributed by atoms with Gasteiger partial charge >= 0.3 is 57.6 Å². The average Bonchev–Trinajstić information content (AvgIpc) is 1.94. The Hall–Kier alpha value is 1.05. The first-order chi connectivity index (χ1) is 12.0. The van der Waals surface area contributed by atoms with Crippen LogP contribution in [0.15, 0.2) is 0 Å². The Bertz CT molecular complexity index is 773. The minimum Gasteiger partial charge on any atom is -0.759 e. The van der Waals surface area contributed by atoms with Gasteiger partial charge in [-0.2, -0.15) is 0 Å². The molecule has 1 radical (unpaired) electrons. The quantitative estimate of drug-likeness (QED) is 0.127. The summed E-state index contributed by atoms with van der Waals surface area (Å²) in [5.74, 6) is 0. The third-order valence-corrected chi connectivity index (χ3v) is 0. The molecule has 0 unspecified atom stereocenters. The fourth-order valence-electron chi connectivity index (χ4n) is 0. The van der Waals surface area contributed by atoms with Gasteiger partial charge in [-0.3, -0.25) is 50.5 Å². The van der Waals surface area contributed by atoms with Crippen LogP contribution in [0.3, 0.4) is 0 Å². The van der Waals surface area contributed by atoms with Crippen molar-refractivity contribution in [1.29, 1.82) is 0 Å². The fourth-order valence-corrected chi connectivity index (χ4v) is 0. The van der Waals surface area contributed by atoms with E-state index in [9.17, 15) is 0 Å². The van der Waals surface area contributed by atoms with E-state index in [4.69, 9.17) is 105 Å². The summed E-state index contributed by atoms with van der Waals surface area (Å²) in [6, 6.07) is 0. The number of rotatable bonds is 0. The Morgan fingerprint density at radius 3 is 0.273 bits per heavy atom. The molecular weight excluding hydrogens is 727 g/mol. The molecule has 0 rings (SSSR count). The summed E-state index contributed by atoms with van der Waals surface area (Å²) in [5.41, 5.74) is 0. The van der Waals surface area contributed by atoms with Crippen molar-refractivity contribution in [2.45, 2.75) is 0 Å². The van der Waals surface area contributed by atoms with Crippen LogP contribution < -0.4 is 0 Å². The summed E-state index contributed by atoms with van der Waals surface area (Å²) in [5, 5.41) is 0. The molecule has 24 nitrogen and oxygen atoms in total. The molecule has 0 saturated heterocycles. The van der Waals surface area contributed by atoms with E-state index in [-0.39, 0.29) is 57.6 Å². The van der Waals surface area contributed by atoms with Crippen molar-refractivity contribution >= 4 is 62.4 Å². The fraction of sp³-hybridized carbons (Fsp3) is 0. The van der Waals surface area contributed by atoms with Crippen LogP contribution in [0.2, 0.25) is 0 Å². The summed E-state index contributed by atoms with van der Waals surface area (Å²) in [6.45, 7) is 0. The van der Waals surface area contributed by atoms with E-state index < -0.39 is 62.4 Å². The number of hydrogen-bond donors (Lipinski definition) is 0. The zero-order valence-electron chi connectivity index (χ0n) is 13.6. The van der Waals surface area contributed by atoms with Crippen molar-refractivity contribution in [1.82, 2.24) is 0 Å². The molecule has 0 spiro atoms. The summed E-state index contributed by atoms with van der Waals surface area (Å²) < 4.78 is 205. The molecule has 0 aromatic rings. The van der Waals surface area contributed by atoms with E-state index in [0.29, 0.717) is 0 Å².